The van der Waals surface area contributed by atoms with Gasteiger partial charge in [-0.1, -0.05) is 146 Å². The van der Waals surface area contributed by atoms with Gasteiger partial charge in [-0.2, -0.15) is 0 Å². The van der Waals surface area contributed by atoms with Gasteiger partial charge in [0.15, 0.2) is 0 Å². The van der Waals surface area contributed by atoms with Crippen LogP contribution in [0, 0.1) is 0 Å². The summed E-state index contributed by atoms with van der Waals surface area (Å²) in [5, 5.41) is 2.48. The lowest BCUT2D eigenvalue weighted by Crippen LogP contribution is -2.10. The van der Waals surface area contributed by atoms with Crippen LogP contribution in [0.15, 0.2) is 200 Å². The van der Waals surface area contributed by atoms with E-state index in [1.807, 2.05) is 0 Å². The molecule has 0 fully saturated rings. The number of rotatable bonds is 7. The van der Waals surface area contributed by atoms with Crippen LogP contribution in [-0.2, 0) is 0 Å². The molecule has 0 aromatic heterocycles. The summed E-state index contributed by atoms with van der Waals surface area (Å²) in [6.45, 7) is 0. The third kappa shape index (κ3) is 5.95. The van der Waals surface area contributed by atoms with E-state index in [0.29, 0.717) is 0 Å². The fourth-order valence-corrected chi connectivity index (χ4v) is 6.40. The number of hydrogen-bond donors (Lipinski definition) is 0. The molecular weight excluding hydrogens is 567 g/mol. The zero-order valence-electron chi connectivity index (χ0n) is 26.0. The van der Waals surface area contributed by atoms with Crippen molar-refractivity contribution in [2.45, 2.75) is 0 Å². The maximum Gasteiger partial charge on any atom is 0.0473 e. The largest absolute Gasteiger partial charge is 0.310 e. The summed E-state index contributed by atoms with van der Waals surface area (Å²) in [7, 11) is 0. The SMILES string of the molecule is c1ccc(-c2cc(-c3ccccc3)cc(N(c3ccccc3)c3ccc(-c4ccc5ccc(-c6ccccc6)cc5c4)cc3)c2)cc1. The van der Waals surface area contributed by atoms with E-state index in [9.17, 15) is 0 Å². The molecule has 0 saturated heterocycles. The van der Waals surface area contributed by atoms with Crippen molar-refractivity contribution in [1.29, 1.82) is 0 Å². The molecule has 0 heterocycles. The van der Waals surface area contributed by atoms with Crippen LogP contribution in [0.5, 0.6) is 0 Å². The molecule has 8 aromatic rings. The van der Waals surface area contributed by atoms with E-state index in [1.54, 1.807) is 0 Å². The molecule has 0 unspecified atom stereocenters. The molecule has 0 spiro atoms. The normalized spacial score (nSPS) is 11.0. The Kier molecular flexibility index (Phi) is 7.63. The molecule has 1 nitrogen and oxygen atoms in total. The van der Waals surface area contributed by atoms with Crippen molar-refractivity contribution in [1.82, 2.24) is 0 Å². The molecular formula is C46H33N. The lowest BCUT2D eigenvalue weighted by Gasteiger charge is -2.27. The van der Waals surface area contributed by atoms with Gasteiger partial charge in [0, 0.05) is 17.1 Å². The minimum absolute atomic E-state index is 1.11. The predicted octanol–water partition coefficient (Wildman–Crippen LogP) is 13.0. The molecule has 0 atom stereocenters. The summed E-state index contributed by atoms with van der Waals surface area (Å²) < 4.78 is 0. The molecule has 0 aliphatic carbocycles. The Morgan fingerprint density at radius 3 is 1.09 bits per heavy atom. The number of anilines is 3. The lowest BCUT2D eigenvalue weighted by molar-refractivity contribution is 1.28. The number of benzene rings is 8. The van der Waals surface area contributed by atoms with Gasteiger partial charge >= 0.3 is 0 Å². The first kappa shape index (κ1) is 28.3. The van der Waals surface area contributed by atoms with Crippen LogP contribution in [0.2, 0.25) is 0 Å². The molecule has 0 radical (unpaired) electrons. The molecule has 8 rings (SSSR count). The van der Waals surface area contributed by atoms with Gasteiger partial charge in [-0.05, 0) is 110 Å². The Labute approximate surface area is 276 Å². The highest BCUT2D eigenvalue weighted by Gasteiger charge is 2.16. The van der Waals surface area contributed by atoms with Crippen molar-refractivity contribution in [3.63, 3.8) is 0 Å². The maximum absolute atomic E-state index is 2.36. The zero-order valence-corrected chi connectivity index (χ0v) is 26.0. The van der Waals surface area contributed by atoms with Crippen LogP contribution in [-0.4, -0.2) is 0 Å². The maximum atomic E-state index is 2.36. The number of para-hydroxylation sites is 1. The molecule has 1 heteroatoms. The predicted molar refractivity (Wildman–Crippen MR) is 200 cm³/mol. The lowest BCUT2D eigenvalue weighted by atomic mass is 9.96. The van der Waals surface area contributed by atoms with Crippen LogP contribution in [0.25, 0.3) is 55.3 Å². The first-order valence-corrected chi connectivity index (χ1v) is 16.1. The van der Waals surface area contributed by atoms with Crippen LogP contribution in [0.1, 0.15) is 0 Å². The highest BCUT2D eigenvalue weighted by molar-refractivity contribution is 5.91. The van der Waals surface area contributed by atoms with Gasteiger partial charge in [0.2, 0.25) is 0 Å². The molecule has 0 aliphatic heterocycles. The third-order valence-corrected chi connectivity index (χ3v) is 8.81. The van der Waals surface area contributed by atoms with E-state index in [4.69, 9.17) is 0 Å². The molecule has 0 N–H and O–H groups in total. The van der Waals surface area contributed by atoms with Crippen LogP contribution < -0.4 is 4.90 Å². The van der Waals surface area contributed by atoms with Crippen molar-refractivity contribution >= 4 is 27.8 Å². The van der Waals surface area contributed by atoms with Crippen LogP contribution >= 0.6 is 0 Å². The van der Waals surface area contributed by atoms with E-state index in [2.05, 4.69) is 205 Å². The second-order valence-corrected chi connectivity index (χ2v) is 11.9. The molecule has 0 aliphatic rings. The summed E-state index contributed by atoms with van der Waals surface area (Å²) >= 11 is 0. The summed E-state index contributed by atoms with van der Waals surface area (Å²) in [5.74, 6) is 0. The average Bonchev–Trinajstić information content (AvgIpc) is 3.16. The summed E-state index contributed by atoms with van der Waals surface area (Å²) in [6.07, 6.45) is 0. The van der Waals surface area contributed by atoms with E-state index in [-0.39, 0.29) is 0 Å². The number of nitrogens with zero attached hydrogens (tertiary/aromatic N) is 1. The van der Waals surface area contributed by atoms with Crippen molar-refractivity contribution in [3.8, 4) is 44.5 Å². The Morgan fingerprint density at radius 1 is 0.213 bits per heavy atom. The fraction of sp³-hybridized carbons (Fsp3) is 0. The van der Waals surface area contributed by atoms with Gasteiger partial charge in [-0.3, -0.25) is 0 Å². The zero-order chi connectivity index (χ0) is 31.4. The first-order chi connectivity index (χ1) is 23.3. The Bertz CT molecular complexity index is 2200. The van der Waals surface area contributed by atoms with E-state index >= 15 is 0 Å². The standard InChI is InChI=1S/C46H33N/c1-5-13-34(14-6-1)39-23-21-38-22-24-40(30-41(38)29-39)37-25-27-45(28-26-37)47(44-19-11-4-12-20-44)46-32-42(35-15-7-2-8-16-35)31-43(33-46)36-17-9-3-10-18-36/h1-33H. The van der Waals surface area contributed by atoms with Gasteiger partial charge in [-0.25, -0.2) is 0 Å². The molecule has 0 bridgehead atoms. The summed E-state index contributed by atoms with van der Waals surface area (Å²) in [4.78, 5) is 2.36. The van der Waals surface area contributed by atoms with E-state index in [0.717, 1.165) is 17.1 Å². The van der Waals surface area contributed by atoms with Crippen molar-refractivity contribution < 1.29 is 0 Å². The highest BCUT2D eigenvalue weighted by atomic mass is 15.1. The van der Waals surface area contributed by atoms with Crippen molar-refractivity contribution in [3.05, 3.63) is 200 Å². The first-order valence-electron chi connectivity index (χ1n) is 16.1. The van der Waals surface area contributed by atoms with Crippen LogP contribution in [0.4, 0.5) is 17.1 Å². The quantitative estimate of drug-likeness (QED) is 0.176. The van der Waals surface area contributed by atoms with E-state index in [1.165, 1.54) is 55.3 Å². The Hall–Kier alpha value is -6.18. The highest BCUT2D eigenvalue weighted by Crippen LogP contribution is 2.40. The van der Waals surface area contributed by atoms with Crippen molar-refractivity contribution in [2.24, 2.45) is 0 Å². The molecule has 8 aromatic carbocycles. The van der Waals surface area contributed by atoms with Gasteiger partial charge in [0.05, 0.1) is 0 Å². The molecule has 0 amide bonds. The topological polar surface area (TPSA) is 3.24 Å². The van der Waals surface area contributed by atoms with Gasteiger partial charge < -0.3 is 4.90 Å². The smallest absolute Gasteiger partial charge is 0.0473 e. The molecule has 222 valence electrons. The fourth-order valence-electron chi connectivity index (χ4n) is 6.40. The van der Waals surface area contributed by atoms with Gasteiger partial charge in [0.25, 0.3) is 0 Å². The van der Waals surface area contributed by atoms with Crippen LogP contribution in [0.3, 0.4) is 0 Å². The monoisotopic (exact) mass is 599 g/mol. The second kappa shape index (κ2) is 12.7. The van der Waals surface area contributed by atoms with Gasteiger partial charge in [0.1, 0.15) is 0 Å². The average molecular weight is 600 g/mol. The number of fused-ring (bicyclic) bond motifs is 1. The van der Waals surface area contributed by atoms with Crippen molar-refractivity contribution in [2.75, 3.05) is 4.90 Å². The molecule has 47 heavy (non-hydrogen) atoms. The summed E-state index contributed by atoms with van der Waals surface area (Å²) in [5.41, 5.74) is 13.0. The Morgan fingerprint density at radius 2 is 0.596 bits per heavy atom. The summed E-state index contributed by atoms with van der Waals surface area (Å²) in [6, 6.07) is 71.9. The second-order valence-electron chi connectivity index (χ2n) is 11.9. The van der Waals surface area contributed by atoms with Gasteiger partial charge in [-0.15, -0.1) is 0 Å². The Balaban J connectivity index is 1.21. The van der Waals surface area contributed by atoms with E-state index < -0.39 is 0 Å². The third-order valence-electron chi connectivity index (χ3n) is 8.81. The molecule has 0 saturated carbocycles. The minimum Gasteiger partial charge on any atom is -0.310 e. The minimum atomic E-state index is 1.11. The number of hydrogen-bond acceptors (Lipinski definition) is 1.